The summed E-state index contributed by atoms with van der Waals surface area (Å²) in [6.45, 7) is 1.37. The Morgan fingerprint density at radius 1 is 1.69 bits per heavy atom. The molecule has 1 aromatic heterocycles. The van der Waals surface area contributed by atoms with E-state index < -0.39 is 12.0 Å². The van der Waals surface area contributed by atoms with Gasteiger partial charge in [-0.05, 0) is 28.9 Å². The van der Waals surface area contributed by atoms with Crippen LogP contribution in [0.1, 0.15) is 11.8 Å². The Labute approximate surface area is 88.1 Å². The van der Waals surface area contributed by atoms with Crippen molar-refractivity contribution in [3.8, 4) is 0 Å². The van der Waals surface area contributed by atoms with E-state index >= 15 is 0 Å². The van der Waals surface area contributed by atoms with Crippen LogP contribution in [0.2, 0.25) is 0 Å². The lowest BCUT2D eigenvalue weighted by Gasteiger charge is -2.22. The molecule has 1 unspecified atom stereocenters. The minimum absolute atomic E-state index is 0.209. The molecule has 0 bridgehead atoms. The second-order valence-electron chi connectivity index (χ2n) is 3.21. The van der Waals surface area contributed by atoms with Gasteiger partial charge < -0.3 is 5.73 Å². The normalized spacial score (nSPS) is 16.2. The van der Waals surface area contributed by atoms with Crippen molar-refractivity contribution >= 4 is 27.3 Å². The van der Waals surface area contributed by atoms with E-state index in [2.05, 4.69) is 15.9 Å². The molecule has 1 nitrogen and oxygen atoms in total. The van der Waals surface area contributed by atoms with Gasteiger partial charge >= 0.3 is 0 Å². The third-order valence-corrected chi connectivity index (χ3v) is 3.37. The average molecular weight is 270 g/mol. The van der Waals surface area contributed by atoms with E-state index in [0.29, 0.717) is 0 Å². The van der Waals surface area contributed by atoms with Crippen LogP contribution in [0.15, 0.2) is 15.9 Å². The van der Waals surface area contributed by atoms with Crippen LogP contribution < -0.4 is 5.73 Å². The van der Waals surface area contributed by atoms with Crippen molar-refractivity contribution in [2.45, 2.75) is 25.3 Å². The molecule has 0 radical (unpaired) electrons. The van der Waals surface area contributed by atoms with Crippen molar-refractivity contribution in [2.75, 3.05) is 0 Å². The number of alkyl halides is 2. The Bertz CT molecular complexity index is 285. The summed E-state index contributed by atoms with van der Waals surface area (Å²) in [5.74, 6) is 0. The Morgan fingerprint density at radius 2 is 2.31 bits per heavy atom. The molecule has 0 saturated carbocycles. The van der Waals surface area contributed by atoms with Gasteiger partial charge in [0.15, 0.2) is 0 Å². The van der Waals surface area contributed by atoms with Gasteiger partial charge in [0.25, 0.3) is 6.43 Å². The molecule has 0 aliphatic rings. The van der Waals surface area contributed by atoms with Crippen LogP contribution in [0.3, 0.4) is 0 Å². The molecule has 13 heavy (non-hydrogen) atoms. The van der Waals surface area contributed by atoms with E-state index in [9.17, 15) is 8.78 Å². The smallest absolute Gasteiger partial charge is 0.256 e. The summed E-state index contributed by atoms with van der Waals surface area (Å²) in [6, 6.07) is 1.82. The van der Waals surface area contributed by atoms with Gasteiger partial charge in [-0.25, -0.2) is 8.78 Å². The molecule has 0 aliphatic heterocycles. The zero-order valence-electron chi connectivity index (χ0n) is 7.06. The highest BCUT2D eigenvalue weighted by molar-refractivity contribution is 9.10. The maximum absolute atomic E-state index is 12.4. The van der Waals surface area contributed by atoms with Crippen LogP contribution >= 0.6 is 27.3 Å². The monoisotopic (exact) mass is 269 g/mol. The molecule has 0 aliphatic carbocycles. The van der Waals surface area contributed by atoms with Crippen LogP contribution in [0.5, 0.6) is 0 Å². The predicted octanol–water partition coefficient (Wildman–Crippen LogP) is 3.04. The lowest BCUT2D eigenvalue weighted by atomic mass is 9.99. The fourth-order valence-corrected chi connectivity index (χ4v) is 2.53. The Balaban J connectivity index is 2.68. The van der Waals surface area contributed by atoms with Gasteiger partial charge in [-0.3, -0.25) is 0 Å². The lowest BCUT2D eigenvalue weighted by molar-refractivity contribution is 0.0644. The number of nitrogens with two attached hydrogens (primary N) is 1. The number of thiophene rings is 1. The predicted molar refractivity (Wildman–Crippen MR) is 54.3 cm³/mol. The first-order chi connectivity index (χ1) is 5.92. The van der Waals surface area contributed by atoms with Gasteiger partial charge in [0.1, 0.15) is 0 Å². The van der Waals surface area contributed by atoms with Crippen LogP contribution in [0.25, 0.3) is 0 Å². The summed E-state index contributed by atoms with van der Waals surface area (Å²) in [7, 11) is 0. The molecule has 2 N–H and O–H groups in total. The van der Waals surface area contributed by atoms with E-state index in [1.165, 1.54) is 18.3 Å². The number of hydrogen-bond acceptors (Lipinski definition) is 2. The SMILES string of the molecule is CC(N)(Cc1cc(Br)cs1)C(F)F. The zero-order valence-corrected chi connectivity index (χ0v) is 9.46. The first-order valence-electron chi connectivity index (χ1n) is 3.72. The van der Waals surface area contributed by atoms with Gasteiger partial charge in [0.05, 0.1) is 5.54 Å². The molecule has 0 amide bonds. The summed E-state index contributed by atoms with van der Waals surface area (Å²) < 4.78 is 25.7. The molecule has 1 heterocycles. The first-order valence-corrected chi connectivity index (χ1v) is 5.39. The minimum atomic E-state index is -2.49. The van der Waals surface area contributed by atoms with Crippen molar-refractivity contribution in [1.29, 1.82) is 0 Å². The first kappa shape index (κ1) is 11.1. The summed E-state index contributed by atoms with van der Waals surface area (Å²) in [4.78, 5) is 0.872. The van der Waals surface area contributed by atoms with Crippen LogP contribution in [-0.2, 0) is 6.42 Å². The van der Waals surface area contributed by atoms with Crippen LogP contribution in [-0.4, -0.2) is 12.0 Å². The molecule has 5 heteroatoms. The van der Waals surface area contributed by atoms with Crippen molar-refractivity contribution in [3.05, 3.63) is 20.8 Å². The van der Waals surface area contributed by atoms with E-state index in [1.807, 2.05) is 11.4 Å². The lowest BCUT2D eigenvalue weighted by Crippen LogP contribution is -2.45. The van der Waals surface area contributed by atoms with E-state index in [4.69, 9.17) is 5.73 Å². The highest BCUT2D eigenvalue weighted by Gasteiger charge is 2.30. The summed E-state index contributed by atoms with van der Waals surface area (Å²) in [5, 5.41) is 1.86. The molecule has 74 valence electrons. The zero-order chi connectivity index (χ0) is 10.1. The van der Waals surface area contributed by atoms with Gasteiger partial charge in [-0.1, -0.05) is 0 Å². The highest BCUT2D eigenvalue weighted by Crippen LogP contribution is 2.25. The standard InChI is InChI=1S/C8H10BrF2NS/c1-8(12,7(10)11)3-6-2-5(9)4-13-6/h2,4,7H,3,12H2,1H3. The van der Waals surface area contributed by atoms with Crippen molar-refractivity contribution in [1.82, 2.24) is 0 Å². The van der Waals surface area contributed by atoms with Gasteiger partial charge in [-0.2, -0.15) is 0 Å². The van der Waals surface area contributed by atoms with E-state index in [0.717, 1.165) is 9.35 Å². The third kappa shape index (κ3) is 3.00. The Kier molecular flexibility index (Phi) is 3.43. The minimum Gasteiger partial charge on any atom is -0.320 e. The highest BCUT2D eigenvalue weighted by atomic mass is 79.9. The quantitative estimate of drug-likeness (QED) is 0.897. The van der Waals surface area contributed by atoms with E-state index in [-0.39, 0.29) is 6.42 Å². The third-order valence-electron chi connectivity index (χ3n) is 1.68. The molecule has 1 atom stereocenters. The molecule has 1 aromatic rings. The number of rotatable bonds is 3. The van der Waals surface area contributed by atoms with Gasteiger partial charge in [0.2, 0.25) is 0 Å². The van der Waals surface area contributed by atoms with Crippen LogP contribution in [0, 0.1) is 0 Å². The fourth-order valence-electron chi connectivity index (χ4n) is 0.899. The summed E-state index contributed by atoms with van der Waals surface area (Å²) in [5.41, 5.74) is 4.02. The molecule has 0 spiro atoms. The van der Waals surface area contributed by atoms with Gasteiger partial charge in [-0.15, -0.1) is 11.3 Å². The number of halogens is 3. The molecular weight excluding hydrogens is 260 g/mol. The summed E-state index contributed by atoms with van der Waals surface area (Å²) in [6.07, 6.45) is -2.28. The van der Waals surface area contributed by atoms with Crippen LogP contribution in [0.4, 0.5) is 8.78 Å². The fraction of sp³-hybridized carbons (Fsp3) is 0.500. The Morgan fingerprint density at radius 3 is 2.69 bits per heavy atom. The second-order valence-corrected chi connectivity index (χ2v) is 5.13. The molecule has 0 saturated heterocycles. The van der Waals surface area contributed by atoms with E-state index in [1.54, 1.807) is 0 Å². The summed E-state index contributed by atoms with van der Waals surface area (Å²) >= 11 is 4.69. The largest absolute Gasteiger partial charge is 0.320 e. The average Bonchev–Trinajstić information content (AvgIpc) is 2.34. The molecular formula is C8H10BrF2NS. The molecule has 0 fully saturated rings. The second kappa shape index (κ2) is 4.02. The maximum atomic E-state index is 12.4. The molecule has 1 rings (SSSR count). The Hall–Kier alpha value is -0.0000000000000000833. The van der Waals surface area contributed by atoms with Crippen molar-refractivity contribution in [2.24, 2.45) is 5.73 Å². The van der Waals surface area contributed by atoms with Crippen molar-refractivity contribution in [3.63, 3.8) is 0 Å². The van der Waals surface area contributed by atoms with Gasteiger partial charge in [0, 0.05) is 21.2 Å². The van der Waals surface area contributed by atoms with Crippen molar-refractivity contribution < 1.29 is 8.78 Å². The molecule has 0 aromatic carbocycles. The maximum Gasteiger partial charge on any atom is 0.256 e. The number of hydrogen-bond donors (Lipinski definition) is 1. The topological polar surface area (TPSA) is 26.0 Å².